The molecule has 3 aromatic carbocycles. The predicted molar refractivity (Wildman–Crippen MR) is 115 cm³/mol. The average Bonchev–Trinajstić information content (AvgIpc) is 2.80. The number of rotatable bonds is 8. The molecule has 3 aromatic rings. The summed E-state index contributed by atoms with van der Waals surface area (Å²) in [5, 5.41) is 9.00. The molecular weight excluding hydrogens is 379 g/mol. The Morgan fingerprint density at radius 2 is 1.73 bits per heavy atom. The summed E-state index contributed by atoms with van der Waals surface area (Å²) in [5.74, 6) is 0.266. The van der Waals surface area contributed by atoms with E-state index in [4.69, 9.17) is 10.00 Å². The molecule has 0 atom stereocenters. The quantitative estimate of drug-likeness (QED) is 0.481. The number of carbonyl (C=O) groups excluding carboxylic acids is 1. The number of ether oxygens (including phenoxy) is 1. The second-order valence-corrected chi connectivity index (χ2v) is 6.78. The predicted octanol–water partition coefficient (Wildman–Crippen LogP) is 5.30. The van der Waals surface area contributed by atoms with Crippen LogP contribution in [0.4, 0.5) is 4.39 Å². The van der Waals surface area contributed by atoms with Crippen molar-refractivity contribution < 1.29 is 13.9 Å². The van der Waals surface area contributed by atoms with Gasteiger partial charge in [0.2, 0.25) is 0 Å². The molecular formula is C25H23FN2O2. The molecule has 0 N–H and O–H groups in total. The zero-order valence-corrected chi connectivity index (χ0v) is 16.8. The van der Waals surface area contributed by atoms with Crippen LogP contribution in [0.1, 0.15) is 29.3 Å². The van der Waals surface area contributed by atoms with Crippen molar-refractivity contribution in [3.8, 4) is 22.9 Å². The molecule has 4 nitrogen and oxygen atoms in total. The van der Waals surface area contributed by atoms with Crippen molar-refractivity contribution in [1.29, 1.82) is 5.26 Å². The lowest BCUT2D eigenvalue weighted by Gasteiger charge is -2.22. The summed E-state index contributed by atoms with van der Waals surface area (Å²) in [4.78, 5) is 15.0. The number of benzene rings is 3. The molecule has 0 radical (unpaired) electrons. The summed E-state index contributed by atoms with van der Waals surface area (Å²) in [5.41, 5.74) is 2.95. The number of hydrogen-bond donors (Lipinski definition) is 0. The third-order valence-electron chi connectivity index (χ3n) is 4.81. The van der Waals surface area contributed by atoms with E-state index in [2.05, 4.69) is 6.07 Å². The van der Waals surface area contributed by atoms with Crippen LogP contribution in [-0.4, -0.2) is 30.5 Å². The molecule has 0 heterocycles. The Bertz CT molecular complexity index is 1020. The van der Waals surface area contributed by atoms with Crippen LogP contribution in [-0.2, 0) is 0 Å². The van der Waals surface area contributed by atoms with Gasteiger partial charge in [0.25, 0.3) is 5.91 Å². The Morgan fingerprint density at radius 3 is 2.40 bits per heavy atom. The topological polar surface area (TPSA) is 53.3 Å². The molecule has 0 aliphatic heterocycles. The number of nitrogens with zero attached hydrogens (tertiary/aromatic N) is 2. The SMILES string of the molecule is CCN(CCCOc1ccc(F)cc1)C(=O)c1ccccc1-c1ccc(C#N)cc1. The first-order valence-corrected chi connectivity index (χ1v) is 9.89. The van der Waals surface area contributed by atoms with E-state index in [-0.39, 0.29) is 11.7 Å². The number of halogens is 1. The zero-order valence-electron chi connectivity index (χ0n) is 16.8. The van der Waals surface area contributed by atoms with Crippen LogP contribution in [0, 0.1) is 17.1 Å². The normalized spacial score (nSPS) is 10.3. The standard InChI is InChI=1S/C25H23FN2O2/c1-2-28(16-5-17-30-22-14-12-21(26)13-15-22)25(29)24-7-4-3-6-23(24)20-10-8-19(18-27)9-11-20/h3-4,6-15H,2,5,16-17H2,1H3. The highest BCUT2D eigenvalue weighted by Gasteiger charge is 2.18. The first-order valence-electron chi connectivity index (χ1n) is 9.89. The van der Waals surface area contributed by atoms with Gasteiger partial charge in [0.05, 0.1) is 18.2 Å². The van der Waals surface area contributed by atoms with Crippen molar-refractivity contribution in [1.82, 2.24) is 4.90 Å². The van der Waals surface area contributed by atoms with Crippen molar-refractivity contribution in [3.63, 3.8) is 0 Å². The molecule has 0 bridgehead atoms. The molecule has 0 unspecified atom stereocenters. The lowest BCUT2D eigenvalue weighted by Crippen LogP contribution is -2.32. The molecule has 0 saturated heterocycles. The molecule has 0 aliphatic carbocycles. The fraction of sp³-hybridized carbons (Fsp3) is 0.200. The molecule has 5 heteroatoms. The third kappa shape index (κ3) is 5.24. The van der Waals surface area contributed by atoms with Crippen molar-refractivity contribution >= 4 is 5.91 Å². The van der Waals surface area contributed by atoms with Gasteiger partial charge in [-0.3, -0.25) is 4.79 Å². The number of carbonyl (C=O) groups is 1. The molecule has 0 saturated carbocycles. The van der Waals surface area contributed by atoms with Gasteiger partial charge in [-0.1, -0.05) is 30.3 Å². The van der Waals surface area contributed by atoms with E-state index in [9.17, 15) is 9.18 Å². The molecule has 152 valence electrons. The maximum atomic E-state index is 13.2. The summed E-state index contributed by atoms with van der Waals surface area (Å²) in [6.07, 6.45) is 0.663. The van der Waals surface area contributed by atoms with Gasteiger partial charge in [-0.2, -0.15) is 5.26 Å². The molecule has 0 aliphatic rings. The van der Waals surface area contributed by atoms with E-state index >= 15 is 0 Å². The van der Waals surface area contributed by atoms with Crippen LogP contribution in [0.2, 0.25) is 0 Å². The van der Waals surface area contributed by atoms with Crippen LogP contribution in [0.25, 0.3) is 11.1 Å². The highest BCUT2D eigenvalue weighted by atomic mass is 19.1. The van der Waals surface area contributed by atoms with Crippen LogP contribution in [0.3, 0.4) is 0 Å². The Hall–Kier alpha value is -3.65. The molecule has 0 fully saturated rings. The minimum atomic E-state index is -0.300. The van der Waals surface area contributed by atoms with E-state index in [1.165, 1.54) is 12.1 Å². The van der Waals surface area contributed by atoms with E-state index in [0.717, 1.165) is 11.1 Å². The molecule has 30 heavy (non-hydrogen) atoms. The summed E-state index contributed by atoms with van der Waals surface area (Å²) < 4.78 is 18.6. The summed E-state index contributed by atoms with van der Waals surface area (Å²) in [6, 6.07) is 22.7. The lowest BCUT2D eigenvalue weighted by molar-refractivity contribution is 0.0757. The van der Waals surface area contributed by atoms with Gasteiger partial charge < -0.3 is 9.64 Å². The van der Waals surface area contributed by atoms with Crippen molar-refractivity contribution in [2.75, 3.05) is 19.7 Å². The van der Waals surface area contributed by atoms with Crippen LogP contribution in [0.15, 0.2) is 72.8 Å². The Morgan fingerprint density at radius 1 is 1.03 bits per heavy atom. The number of amides is 1. The summed E-state index contributed by atoms with van der Waals surface area (Å²) in [7, 11) is 0. The van der Waals surface area contributed by atoms with E-state index in [0.29, 0.717) is 43.0 Å². The second-order valence-electron chi connectivity index (χ2n) is 6.78. The average molecular weight is 402 g/mol. The van der Waals surface area contributed by atoms with Crippen LogP contribution in [0.5, 0.6) is 5.75 Å². The Kier molecular flexibility index (Phi) is 7.18. The molecule has 1 amide bonds. The first kappa shape index (κ1) is 21.1. The largest absolute Gasteiger partial charge is 0.494 e. The summed E-state index contributed by atoms with van der Waals surface area (Å²) in [6.45, 7) is 3.52. The smallest absolute Gasteiger partial charge is 0.254 e. The minimum Gasteiger partial charge on any atom is -0.494 e. The first-order chi connectivity index (χ1) is 14.6. The van der Waals surface area contributed by atoms with Gasteiger partial charge in [-0.15, -0.1) is 0 Å². The highest BCUT2D eigenvalue weighted by Crippen LogP contribution is 2.25. The van der Waals surface area contributed by atoms with E-state index in [1.807, 2.05) is 43.3 Å². The van der Waals surface area contributed by atoms with Gasteiger partial charge in [0.1, 0.15) is 11.6 Å². The molecule has 0 aromatic heterocycles. The third-order valence-corrected chi connectivity index (χ3v) is 4.81. The van der Waals surface area contributed by atoms with E-state index < -0.39 is 0 Å². The monoisotopic (exact) mass is 402 g/mol. The van der Waals surface area contributed by atoms with Gasteiger partial charge in [0.15, 0.2) is 0 Å². The van der Waals surface area contributed by atoms with Gasteiger partial charge >= 0.3 is 0 Å². The van der Waals surface area contributed by atoms with Crippen LogP contribution >= 0.6 is 0 Å². The number of nitriles is 1. The minimum absolute atomic E-state index is 0.0424. The van der Waals surface area contributed by atoms with Crippen molar-refractivity contribution in [3.05, 3.63) is 89.7 Å². The highest BCUT2D eigenvalue weighted by molar-refractivity contribution is 6.00. The van der Waals surface area contributed by atoms with Gasteiger partial charge in [-0.05, 0) is 66.9 Å². The fourth-order valence-corrected chi connectivity index (χ4v) is 3.20. The van der Waals surface area contributed by atoms with Crippen molar-refractivity contribution in [2.45, 2.75) is 13.3 Å². The number of hydrogen-bond acceptors (Lipinski definition) is 3. The lowest BCUT2D eigenvalue weighted by atomic mass is 9.98. The summed E-state index contributed by atoms with van der Waals surface area (Å²) >= 11 is 0. The fourth-order valence-electron chi connectivity index (χ4n) is 3.20. The Balaban J connectivity index is 1.66. The van der Waals surface area contributed by atoms with Crippen molar-refractivity contribution in [2.24, 2.45) is 0 Å². The van der Waals surface area contributed by atoms with Crippen LogP contribution < -0.4 is 4.74 Å². The maximum absolute atomic E-state index is 13.2. The molecule has 3 rings (SSSR count). The molecule has 0 spiro atoms. The van der Waals surface area contributed by atoms with E-state index in [1.54, 1.807) is 29.2 Å². The second kappa shape index (κ2) is 10.2. The van der Waals surface area contributed by atoms with Gasteiger partial charge in [-0.25, -0.2) is 4.39 Å². The Labute approximate surface area is 176 Å². The maximum Gasteiger partial charge on any atom is 0.254 e. The zero-order chi connectivity index (χ0) is 21.3. The van der Waals surface area contributed by atoms with Gasteiger partial charge in [0, 0.05) is 18.7 Å².